The van der Waals surface area contributed by atoms with E-state index >= 15 is 0 Å². The van der Waals surface area contributed by atoms with E-state index in [1.54, 1.807) is 6.07 Å². The van der Waals surface area contributed by atoms with E-state index in [0.29, 0.717) is 5.02 Å². The topological polar surface area (TPSA) is 44.7 Å². The van der Waals surface area contributed by atoms with Crippen LogP contribution in [0.1, 0.15) is 35.1 Å². The summed E-state index contributed by atoms with van der Waals surface area (Å²) in [4.78, 5) is 20.5. The molecule has 4 aromatic rings. The molecule has 0 saturated carbocycles. The fraction of sp³-hybridized carbons (Fsp3) is 0.161. The maximum atomic E-state index is 13.1. The quantitative estimate of drug-likeness (QED) is 0.263. The van der Waals surface area contributed by atoms with Gasteiger partial charge in [0.05, 0.1) is 11.4 Å². The molecule has 180 valence electrons. The van der Waals surface area contributed by atoms with E-state index in [4.69, 9.17) is 16.6 Å². The lowest BCUT2D eigenvalue weighted by atomic mass is 9.90. The van der Waals surface area contributed by atoms with E-state index in [-0.39, 0.29) is 5.91 Å². The van der Waals surface area contributed by atoms with Crippen LogP contribution in [-0.2, 0) is 17.9 Å². The number of nitrogens with zero attached hydrogens (tertiary/aromatic N) is 2. The second-order valence-electron chi connectivity index (χ2n) is 8.97. The van der Waals surface area contributed by atoms with Gasteiger partial charge in [0.1, 0.15) is 5.92 Å². The summed E-state index contributed by atoms with van der Waals surface area (Å²) in [6.07, 6.45) is 0. The zero-order chi connectivity index (χ0) is 24.9. The van der Waals surface area contributed by atoms with Crippen LogP contribution in [0.4, 0.5) is 11.4 Å². The largest absolute Gasteiger partial charge is 0.325 e. The molecule has 1 aliphatic rings. The second-order valence-corrected chi connectivity index (χ2v) is 9.41. The second kappa shape index (κ2) is 10.9. The molecule has 4 nitrogen and oxygen atoms in total. The van der Waals surface area contributed by atoms with Gasteiger partial charge in [0.2, 0.25) is 5.91 Å². The van der Waals surface area contributed by atoms with Crippen LogP contribution in [0.15, 0.2) is 108 Å². The van der Waals surface area contributed by atoms with Crippen molar-refractivity contribution in [1.29, 1.82) is 0 Å². The van der Waals surface area contributed by atoms with Gasteiger partial charge in [0.25, 0.3) is 0 Å². The molecule has 5 rings (SSSR count). The van der Waals surface area contributed by atoms with Gasteiger partial charge in [-0.05, 0) is 53.1 Å². The van der Waals surface area contributed by atoms with Gasteiger partial charge < -0.3 is 5.32 Å². The van der Waals surface area contributed by atoms with Crippen molar-refractivity contribution in [3.05, 3.63) is 130 Å². The zero-order valence-electron chi connectivity index (χ0n) is 20.2. The van der Waals surface area contributed by atoms with Crippen molar-refractivity contribution in [1.82, 2.24) is 4.90 Å². The van der Waals surface area contributed by atoms with E-state index in [1.165, 1.54) is 11.1 Å². The maximum Gasteiger partial charge on any atom is 0.238 e. The molecule has 1 N–H and O–H groups in total. The van der Waals surface area contributed by atoms with Crippen LogP contribution in [-0.4, -0.2) is 23.1 Å². The minimum absolute atomic E-state index is 0.0917. The summed E-state index contributed by atoms with van der Waals surface area (Å²) in [5, 5.41) is 3.57. The van der Waals surface area contributed by atoms with Crippen molar-refractivity contribution in [3.63, 3.8) is 0 Å². The Labute approximate surface area is 217 Å². The third kappa shape index (κ3) is 5.40. The predicted molar refractivity (Wildman–Crippen MR) is 148 cm³/mol. The summed E-state index contributed by atoms with van der Waals surface area (Å²) in [6.45, 7) is 4.92. The molecule has 0 bridgehead atoms. The smallest absolute Gasteiger partial charge is 0.238 e. The molecule has 1 heterocycles. The molecule has 4 aromatic carbocycles. The van der Waals surface area contributed by atoms with Gasteiger partial charge in [-0.25, -0.2) is 0 Å². The number of amides is 1. The molecule has 1 amide bonds. The average Bonchev–Trinajstić information content (AvgIpc) is 3.23. The molecule has 36 heavy (non-hydrogen) atoms. The number of rotatable bonds is 8. The van der Waals surface area contributed by atoms with Gasteiger partial charge in [-0.15, -0.1) is 0 Å². The lowest BCUT2D eigenvalue weighted by Gasteiger charge is -2.20. The first-order valence-corrected chi connectivity index (χ1v) is 12.6. The Morgan fingerprint density at radius 3 is 2.17 bits per heavy atom. The standard InChI is InChI=1S/C31H28ClN3O/c1-2-35(20-22-9-5-3-6-10-22)21-23-13-16-26(17-14-23)33-30(24-11-7-4-8-12-24)29-27-18-15-25(32)19-28(27)34-31(29)36/h3-19,29H,2,20-21H2,1H3,(H,34,36). The number of hydrogen-bond donors (Lipinski definition) is 1. The van der Waals surface area contributed by atoms with Crippen molar-refractivity contribution in [2.45, 2.75) is 25.9 Å². The van der Waals surface area contributed by atoms with Crippen molar-refractivity contribution < 1.29 is 4.79 Å². The van der Waals surface area contributed by atoms with Crippen LogP contribution in [0.5, 0.6) is 0 Å². The number of halogens is 1. The Morgan fingerprint density at radius 2 is 1.50 bits per heavy atom. The van der Waals surface area contributed by atoms with Gasteiger partial charge in [-0.2, -0.15) is 0 Å². The maximum absolute atomic E-state index is 13.1. The summed E-state index contributed by atoms with van der Waals surface area (Å²) >= 11 is 6.17. The van der Waals surface area contributed by atoms with Gasteiger partial charge in [-0.1, -0.05) is 97.4 Å². The number of anilines is 1. The van der Waals surface area contributed by atoms with E-state index < -0.39 is 5.92 Å². The molecule has 1 aliphatic heterocycles. The van der Waals surface area contributed by atoms with Crippen molar-refractivity contribution >= 4 is 34.6 Å². The summed E-state index contributed by atoms with van der Waals surface area (Å²) in [7, 11) is 0. The third-order valence-corrected chi connectivity index (χ3v) is 6.71. The van der Waals surface area contributed by atoms with E-state index in [9.17, 15) is 4.79 Å². The highest BCUT2D eigenvalue weighted by molar-refractivity contribution is 6.31. The Balaban J connectivity index is 1.42. The fourth-order valence-corrected chi connectivity index (χ4v) is 4.78. The monoisotopic (exact) mass is 493 g/mol. The number of hydrogen-bond acceptors (Lipinski definition) is 3. The highest BCUT2D eigenvalue weighted by Crippen LogP contribution is 2.37. The number of carbonyl (C=O) groups is 1. The molecule has 1 unspecified atom stereocenters. The van der Waals surface area contributed by atoms with E-state index in [0.717, 1.165) is 47.8 Å². The summed E-state index contributed by atoms with van der Waals surface area (Å²) in [6, 6.07) is 34.3. The molecule has 0 aliphatic carbocycles. The molecule has 0 radical (unpaired) electrons. The Bertz CT molecular complexity index is 1370. The lowest BCUT2D eigenvalue weighted by molar-refractivity contribution is -0.115. The Morgan fingerprint density at radius 1 is 0.861 bits per heavy atom. The van der Waals surface area contributed by atoms with Crippen LogP contribution in [0.3, 0.4) is 0 Å². The normalized spacial score (nSPS) is 15.1. The number of carbonyl (C=O) groups excluding carboxylic acids is 1. The highest BCUT2D eigenvalue weighted by Gasteiger charge is 2.35. The molecule has 0 saturated heterocycles. The first-order chi connectivity index (χ1) is 17.6. The van der Waals surface area contributed by atoms with E-state index in [2.05, 4.69) is 53.5 Å². The van der Waals surface area contributed by atoms with Crippen LogP contribution in [0, 0.1) is 0 Å². The minimum Gasteiger partial charge on any atom is -0.325 e. The van der Waals surface area contributed by atoms with Gasteiger partial charge in [0.15, 0.2) is 0 Å². The molecule has 0 spiro atoms. The van der Waals surface area contributed by atoms with Crippen LogP contribution in [0.2, 0.25) is 5.02 Å². The number of aliphatic imine (C=N–C) groups is 1. The number of benzene rings is 4. The minimum atomic E-state index is -0.499. The molecule has 5 heteroatoms. The van der Waals surface area contributed by atoms with Gasteiger partial charge in [-0.3, -0.25) is 14.7 Å². The highest BCUT2D eigenvalue weighted by atomic mass is 35.5. The number of nitrogens with one attached hydrogen (secondary N) is 1. The Hall–Kier alpha value is -3.73. The SMILES string of the molecule is CCN(Cc1ccccc1)Cc1ccc(N=C(c2ccccc2)C2C(=O)Nc3cc(Cl)ccc32)cc1. The molecule has 1 atom stereocenters. The van der Waals surface area contributed by atoms with Crippen LogP contribution < -0.4 is 5.32 Å². The zero-order valence-corrected chi connectivity index (χ0v) is 21.0. The summed E-state index contributed by atoms with van der Waals surface area (Å²) in [5.41, 5.74) is 6.64. The third-order valence-electron chi connectivity index (χ3n) is 6.48. The first-order valence-electron chi connectivity index (χ1n) is 12.2. The number of fused-ring (bicyclic) bond motifs is 1. The van der Waals surface area contributed by atoms with Gasteiger partial charge >= 0.3 is 0 Å². The lowest BCUT2D eigenvalue weighted by Crippen LogP contribution is -2.22. The summed E-state index contributed by atoms with van der Waals surface area (Å²) < 4.78 is 0. The molecule has 0 fully saturated rings. The average molecular weight is 494 g/mol. The van der Waals surface area contributed by atoms with Crippen molar-refractivity contribution in [2.24, 2.45) is 4.99 Å². The van der Waals surface area contributed by atoms with Crippen molar-refractivity contribution in [3.8, 4) is 0 Å². The predicted octanol–water partition coefficient (Wildman–Crippen LogP) is 7.22. The first kappa shape index (κ1) is 24.0. The van der Waals surface area contributed by atoms with Crippen LogP contribution >= 0.6 is 11.6 Å². The summed E-state index contributed by atoms with van der Waals surface area (Å²) in [5.74, 6) is -0.591. The molecular formula is C31H28ClN3O. The fourth-order valence-electron chi connectivity index (χ4n) is 4.61. The Kier molecular flexibility index (Phi) is 7.26. The molecule has 0 aromatic heterocycles. The van der Waals surface area contributed by atoms with Crippen LogP contribution in [0.25, 0.3) is 0 Å². The van der Waals surface area contributed by atoms with E-state index in [1.807, 2.05) is 60.7 Å². The molecular weight excluding hydrogens is 466 g/mol. The van der Waals surface area contributed by atoms with Gasteiger partial charge in [0, 0.05) is 23.8 Å². The van der Waals surface area contributed by atoms with Crippen molar-refractivity contribution in [2.75, 3.05) is 11.9 Å².